The van der Waals surface area contributed by atoms with Gasteiger partial charge in [-0.25, -0.2) is 9.67 Å². The van der Waals surface area contributed by atoms with E-state index in [4.69, 9.17) is 31.2 Å². The number of nitrogens with zero attached hydrogens (tertiary/aromatic N) is 3. The van der Waals surface area contributed by atoms with Crippen molar-refractivity contribution in [2.24, 2.45) is 0 Å². The molecule has 8 heteroatoms. The zero-order valence-corrected chi connectivity index (χ0v) is 22.0. The number of para-hydroxylation sites is 1. The Balaban J connectivity index is 1.67. The molecular weight excluding hydrogens is 512 g/mol. The lowest BCUT2D eigenvalue weighted by Gasteiger charge is -2.15. The molecule has 7 nitrogen and oxygen atoms in total. The van der Waals surface area contributed by atoms with E-state index in [-0.39, 0.29) is 5.78 Å². The molecule has 0 saturated carbocycles. The first-order chi connectivity index (χ1) is 19.1. The van der Waals surface area contributed by atoms with E-state index in [1.807, 2.05) is 71.5 Å². The number of Topliss-reactive ketones (excluding diaryl/α,β-unsaturated/α-hetero) is 1. The minimum absolute atomic E-state index is 0.0587. The molecule has 0 spiro atoms. The number of pyridine rings is 1. The number of H-pyrrole nitrogens is 1. The van der Waals surface area contributed by atoms with Gasteiger partial charge in [0.2, 0.25) is 0 Å². The van der Waals surface area contributed by atoms with Crippen LogP contribution >= 0.6 is 11.6 Å². The average Bonchev–Trinajstić information content (AvgIpc) is 3.67. The quantitative estimate of drug-likeness (QED) is 0.256. The summed E-state index contributed by atoms with van der Waals surface area (Å²) in [4.78, 5) is 21.9. The number of nitrogens with one attached hydrogen (secondary N) is 1. The number of aryl methyl sites for hydroxylation is 1. The molecule has 6 aromatic rings. The second kappa shape index (κ2) is 8.99. The third kappa shape index (κ3) is 3.61. The maximum atomic E-state index is 13.4. The van der Waals surface area contributed by atoms with Gasteiger partial charge in [-0.05, 0) is 55.0 Å². The minimum atomic E-state index is 0.0587. The van der Waals surface area contributed by atoms with Crippen molar-refractivity contribution in [3.05, 3.63) is 89.2 Å². The van der Waals surface area contributed by atoms with Crippen LogP contribution in [0.3, 0.4) is 0 Å². The third-order valence-electron chi connectivity index (χ3n) is 7.35. The first-order valence-corrected chi connectivity index (χ1v) is 13.0. The van der Waals surface area contributed by atoms with Crippen LogP contribution in [0.5, 0.6) is 11.5 Å². The van der Waals surface area contributed by atoms with Crippen molar-refractivity contribution in [2.45, 2.75) is 12.8 Å². The molecule has 0 fully saturated rings. The van der Waals surface area contributed by atoms with E-state index >= 15 is 0 Å². The highest BCUT2D eigenvalue weighted by Gasteiger charge is 2.33. The molecule has 192 valence electrons. The second-order valence-corrected chi connectivity index (χ2v) is 9.92. The molecule has 0 aliphatic heterocycles. The smallest absolute Gasteiger partial charge is 0.165 e. The monoisotopic (exact) mass is 534 g/mol. The maximum absolute atomic E-state index is 13.4. The van der Waals surface area contributed by atoms with Crippen LogP contribution in [0, 0.1) is 0 Å². The van der Waals surface area contributed by atoms with E-state index < -0.39 is 0 Å². The SMILES string of the molecule is COc1ccc(OC)c(-c2c3c(nc4c2c(-c2c[nH]c5ccccc25)nn4-c2ccc(Cl)cc2)CCC3=O)c1. The fraction of sp³-hybridized carbons (Fsp3) is 0.129. The summed E-state index contributed by atoms with van der Waals surface area (Å²) in [5.74, 6) is 1.35. The van der Waals surface area contributed by atoms with Gasteiger partial charge in [0.1, 0.15) is 17.2 Å². The van der Waals surface area contributed by atoms with Crippen molar-refractivity contribution in [2.75, 3.05) is 14.2 Å². The first-order valence-electron chi connectivity index (χ1n) is 12.6. The van der Waals surface area contributed by atoms with Crippen molar-refractivity contribution < 1.29 is 14.3 Å². The highest BCUT2D eigenvalue weighted by atomic mass is 35.5. The number of methoxy groups -OCH3 is 2. The average molecular weight is 535 g/mol. The van der Waals surface area contributed by atoms with Crippen LogP contribution in [0.1, 0.15) is 22.5 Å². The number of aromatic nitrogens is 4. The zero-order chi connectivity index (χ0) is 26.7. The molecular formula is C31H23ClN4O3. The summed E-state index contributed by atoms with van der Waals surface area (Å²) >= 11 is 6.22. The normalized spacial score (nSPS) is 12.8. The Kier molecular flexibility index (Phi) is 5.42. The van der Waals surface area contributed by atoms with Crippen molar-refractivity contribution in [1.82, 2.24) is 19.7 Å². The summed E-state index contributed by atoms with van der Waals surface area (Å²) in [6, 6.07) is 21.2. The summed E-state index contributed by atoms with van der Waals surface area (Å²) < 4.78 is 13.2. The molecule has 3 heterocycles. The van der Waals surface area contributed by atoms with Crippen molar-refractivity contribution in [3.63, 3.8) is 0 Å². The molecule has 39 heavy (non-hydrogen) atoms. The standard InChI is InChI=1S/C31H23ClN4O3/c1-38-19-11-14-26(39-2)21(15-19)27-28-24(12-13-25(28)37)34-31-29(27)30(22-16-33-23-6-4-3-5-20(22)23)35-36(31)18-9-7-17(32)8-10-18/h3-11,14-16,33H,12-13H2,1-2H3. The fourth-order valence-corrected chi connectivity index (χ4v) is 5.66. The van der Waals surface area contributed by atoms with Crippen molar-refractivity contribution >= 4 is 39.3 Å². The Morgan fingerprint density at radius 2 is 1.74 bits per heavy atom. The number of benzene rings is 3. The van der Waals surface area contributed by atoms with Gasteiger partial charge in [-0.2, -0.15) is 5.10 Å². The molecule has 1 aliphatic rings. The molecule has 1 N–H and O–H groups in total. The number of carbonyl (C=O) groups is 1. The van der Waals surface area contributed by atoms with Gasteiger partial charge in [0.05, 0.1) is 31.0 Å². The number of ether oxygens (including phenoxy) is 2. The number of ketones is 1. The number of hydrogen-bond donors (Lipinski definition) is 1. The lowest BCUT2D eigenvalue weighted by Crippen LogP contribution is -2.03. The zero-order valence-electron chi connectivity index (χ0n) is 21.3. The third-order valence-corrected chi connectivity index (χ3v) is 7.60. The molecule has 0 amide bonds. The topological polar surface area (TPSA) is 82.0 Å². The summed E-state index contributed by atoms with van der Waals surface area (Å²) in [7, 11) is 3.25. The lowest BCUT2D eigenvalue weighted by molar-refractivity contribution is 0.0995. The van der Waals surface area contributed by atoms with E-state index in [0.717, 1.165) is 44.4 Å². The van der Waals surface area contributed by atoms with Crippen LogP contribution < -0.4 is 9.47 Å². The number of fused-ring (bicyclic) bond motifs is 3. The largest absolute Gasteiger partial charge is 0.497 e. The van der Waals surface area contributed by atoms with Crippen LogP contribution in [0.4, 0.5) is 0 Å². The predicted octanol–water partition coefficient (Wildman–Crippen LogP) is 7.04. The van der Waals surface area contributed by atoms with E-state index in [9.17, 15) is 4.79 Å². The van der Waals surface area contributed by atoms with E-state index in [1.165, 1.54) is 0 Å². The molecule has 0 atom stereocenters. The van der Waals surface area contributed by atoms with Gasteiger partial charge in [0.15, 0.2) is 11.4 Å². The lowest BCUT2D eigenvalue weighted by atomic mass is 9.92. The van der Waals surface area contributed by atoms with Crippen LogP contribution in [0.25, 0.3) is 50.0 Å². The van der Waals surface area contributed by atoms with Gasteiger partial charge < -0.3 is 14.5 Å². The van der Waals surface area contributed by atoms with Crippen molar-refractivity contribution in [3.8, 4) is 39.6 Å². The van der Waals surface area contributed by atoms with Crippen LogP contribution in [-0.4, -0.2) is 39.8 Å². The summed E-state index contributed by atoms with van der Waals surface area (Å²) in [6.45, 7) is 0. The number of halogens is 1. The number of aromatic amines is 1. The molecule has 0 saturated heterocycles. The highest BCUT2D eigenvalue weighted by molar-refractivity contribution is 6.30. The van der Waals surface area contributed by atoms with Gasteiger partial charge >= 0.3 is 0 Å². The highest BCUT2D eigenvalue weighted by Crippen LogP contribution is 2.46. The molecule has 3 aromatic heterocycles. The molecule has 3 aromatic carbocycles. The van der Waals surface area contributed by atoms with Crippen LogP contribution in [0.2, 0.25) is 5.02 Å². The summed E-state index contributed by atoms with van der Waals surface area (Å²) in [5, 5.41) is 7.57. The maximum Gasteiger partial charge on any atom is 0.165 e. The second-order valence-electron chi connectivity index (χ2n) is 9.48. The fourth-order valence-electron chi connectivity index (χ4n) is 5.53. The van der Waals surface area contributed by atoms with Gasteiger partial charge in [-0.3, -0.25) is 4.79 Å². The van der Waals surface area contributed by atoms with E-state index in [1.54, 1.807) is 14.2 Å². The molecule has 1 aliphatic carbocycles. The first kappa shape index (κ1) is 23.5. The molecule has 0 bridgehead atoms. The molecule has 0 unspecified atom stereocenters. The van der Waals surface area contributed by atoms with Crippen LogP contribution in [0.15, 0.2) is 72.9 Å². The Bertz CT molecular complexity index is 1920. The van der Waals surface area contributed by atoms with Gasteiger partial charge in [-0.15, -0.1) is 0 Å². The molecule has 0 radical (unpaired) electrons. The Labute approximate surface area is 229 Å². The predicted molar refractivity (Wildman–Crippen MR) is 152 cm³/mol. The van der Waals surface area contributed by atoms with Crippen LogP contribution in [-0.2, 0) is 6.42 Å². The van der Waals surface area contributed by atoms with Gasteiger partial charge in [-0.1, -0.05) is 29.8 Å². The number of rotatable bonds is 5. The van der Waals surface area contributed by atoms with Gasteiger partial charge in [0, 0.05) is 50.8 Å². The number of hydrogen-bond acceptors (Lipinski definition) is 5. The summed E-state index contributed by atoms with van der Waals surface area (Å²) in [5.41, 5.74) is 6.99. The van der Waals surface area contributed by atoms with Gasteiger partial charge in [0.25, 0.3) is 0 Å². The Morgan fingerprint density at radius 1 is 0.923 bits per heavy atom. The minimum Gasteiger partial charge on any atom is -0.497 e. The van der Waals surface area contributed by atoms with E-state index in [0.29, 0.717) is 46.3 Å². The summed E-state index contributed by atoms with van der Waals surface area (Å²) in [6.07, 6.45) is 2.93. The van der Waals surface area contributed by atoms with E-state index in [2.05, 4.69) is 11.1 Å². The Morgan fingerprint density at radius 3 is 2.54 bits per heavy atom. The molecule has 7 rings (SSSR count). The number of carbonyl (C=O) groups excluding carboxylic acids is 1. The Hall–Kier alpha value is -4.62. The van der Waals surface area contributed by atoms with Crippen molar-refractivity contribution in [1.29, 1.82) is 0 Å².